The van der Waals surface area contributed by atoms with Crippen LogP contribution in [0, 0.1) is 0 Å². The number of aliphatic imine (C=N–C) groups is 1. The Morgan fingerprint density at radius 3 is 2.78 bits per heavy atom. The van der Waals surface area contributed by atoms with Gasteiger partial charge >= 0.3 is 5.97 Å². The number of hydrogen-bond acceptors (Lipinski definition) is 5. The van der Waals surface area contributed by atoms with E-state index in [1.807, 2.05) is 0 Å². The molecule has 2 rings (SSSR count). The minimum atomic E-state index is -0.216. The Balaban J connectivity index is 0.00000264. The topological polar surface area (TPSA) is 66.0 Å². The zero-order valence-electron chi connectivity index (χ0n) is 13.6. The molecule has 1 saturated heterocycles. The van der Waals surface area contributed by atoms with Crippen molar-refractivity contribution in [2.75, 3.05) is 38.7 Å². The maximum absolute atomic E-state index is 11.1. The molecule has 0 bridgehead atoms. The Labute approximate surface area is 158 Å². The van der Waals surface area contributed by atoms with Crippen LogP contribution in [0.25, 0.3) is 0 Å². The number of carbonyl (C=O) groups excluding carboxylic acids is 1. The molecule has 130 valence electrons. The van der Waals surface area contributed by atoms with Gasteiger partial charge in [-0.15, -0.1) is 35.3 Å². The Bertz CT molecular complexity index is 488. The highest BCUT2D eigenvalue weighted by Crippen LogP contribution is 2.24. The average Bonchev–Trinajstić information content (AvgIpc) is 3.08. The smallest absolute Gasteiger partial charge is 0.307 e. The van der Waals surface area contributed by atoms with Gasteiger partial charge in [0.2, 0.25) is 0 Å². The number of esters is 1. The van der Waals surface area contributed by atoms with E-state index in [0.717, 1.165) is 31.9 Å². The summed E-state index contributed by atoms with van der Waals surface area (Å²) in [6, 6.07) is 4.68. The van der Waals surface area contributed by atoms with Crippen molar-refractivity contribution in [2.24, 2.45) is 4.99 Å². The second kappa shape index (κ2) is 10.7. The lowest BCUT2D eigenvalue weighted by atomic mass is 10.1. The molecule has 1 aliphatic heterocycles. The number of halogens is 1. The fourth-order valence-corrected chi connectivity index (χ4v) is 3.25. The molecule has 0 unspecified atom stereocenters. The van der Waals surface area contributed by atoms with Gasteiger partial charge < -0.3 is 20.3 Å². The fourth-order valence-electron chi connectivity index (χ4n) is 2.47. The van der Waals surface area contributed by atoms with E-state index in [1.54, 1.807) is 18.4 Å². The van der Waals surface area contributed by atoms with E-state index in [1.165, 1.54) is 12.1 Å². The Hall–Kier alpha value is -1.03. The lowest BCUT2D eigenvalue weighted by molar-refractivity contribution is -0.140. The van der Waals surface area contributed by atoms with Gasteiger partial charge in [-0.3, -0.25) is 9.79 Å². The molecular formula is C15H25IN4O2S. The summed E-state index contributed by atoms with van der Waals surface area (Å²) in [7, 11) is 3.14. The molecule has 2 N–H and O–H groups in total. The van der Waals surface area contributed by atoms with E-state index in [4.69, 9.17) is 0 Å². The highest BCUT2D eigenvalue weighted by molar-refractivity contribution is 14.0. The van der Waals surface area contributed by atoms with Gasteiger partial charge in [0.05, 0.1) is 18.5 Å². The summed E-state index contributed by atoms with van der Waals surface area (Å²) < 4.78 is 4.62. The van der Waals surface area contributed by atoms with Crippen molar-refractivity contribution < 1.29 is 9.53 Å². The number of thiophene rings is 1. The predicted octanol–water partition coefficient (Wildman–Crippen LogP) is 2.06. The van der Waals surface area contributed by atoms with E-state index in [9.17, 15) is 4.79 Å². The first-order chi connectivity index (χ1) is 10.7. The standard InChI is InChI=1S/C15H24N4O2S.HI/c1-16-15(17-8-5-14(20)21-2)18-12-6-9-19(10-7-12)13-4-3-11-22-13;/h3-4,11-12H,5-10H2,1-2H3,(H2,16,17,18);1H. The van der Waals surface area contributed by atoms with Crippen LogP contribution in [-0.4, -0.2) is 51.8 Å². The SMILES string of the molecule is CN=C(NCCC(=O)OC)NC1CCN(c2cccs2)CC1.I. The van der Waals surface area contributed by atoms with Crippen molar-refractivity contribution in [3.8, 4) is 0 Å². The Morgan fingerprint density at radius 2 is 2.22 bits per heavy atom. The molecule has 0 aromatic carbocycles. The van der Waals surface area contributed by atoms with Crippen molar-refractivity contribution in [3.63, 3.8) is 0 Å². The summed E-state index contributed by atoms with van der Waals surface area (Å²) in [5, 5.41) is 10.0. The third-order valence-electron chi connectivity index (χ3n) is 3.73. The van der Waals surface area contributed by atoms with Crippen molar-refractivity contribution in [1.29, 1.82) is 0 Å². The van der Waals surface area contributed by atoms with E-state index >= 15 is 0 Å². The summed E-state index contributed by atoms with van der Waals surface area (Å²) in [4.78, 5) is 17.7. The molecule has 1 aromatic heterocycles. The average molecular weight is 452 g/mol. The van der Waals surface area contributed by atoms with Crippen LogP contribution in [-0.2, 0) is 9.53 Å². The van der Waals surface area contributed by atoms with Gasteiger partial charge in [0.1, 0.15) is 0 Å². The maximum atomic E-state index is 11.1. The number of guanidine groups is 1. The van der Waals surface area contributed by atoms with E-state index in [-0.39, 0.29) is 29.9 Å². The van der Waals surface area contributed by atoms with Gasteiger partial charge in [0, 0.05) is 32.7 Å². The molecular weight excluding hydrogens is 427 g/mol. The van der Waals surface area contributed by atoms with Crippen LogP contribution in [0.5, 0.6) is 0 Å². The van der Waals surface area contributed by atoms with Crippen molar-refractivity contribution in [1.82, 2.24) is 10.6 Å². The van der Waals surface area contributed by atoms with Crippen LogP contribution >= 0.6 is 35.3 Å². The minimum Gasteiger partial charge on any atom is -0.469 e. The number of ether oxygens (including phenoxy) is 1. The number of methoxy groups -OCH3 is 1. The first kappa shape index (κ1) is 20.0. The molecule has 1 aliphatic rings. The first-order valence-corrected chi connectivity index (χ1v) is 8.43. The normalized spacial score (nSPS) is 15.7. The van der Waals surface area contributed by atoms with Crippen molar-refractivity contribution >= 4 is 52.2 Å². The van der Waals surface area contributed by atoms with Gasteiger partial charge in [-0.1, -0.05) is 0 Å². The number of nitrogens with one attached hydrogen (secondary N) is 2. The Morgan fingerprint density at radius 1 is 1.48 bits per heavy atom. The fraction of sp³-hybridized carbons (Fsp3) is 0.600. The third kappa shape index (κ3) is 6.54. The second-order valence-electron chi connectivity index (χ2n) is 5.18. The van der Waals surface area contributed by atoms with Crippen LogP contribution in [0.15, 0.2) is 22.5 Å². The first-order valence-electron chi connectivity index (χ1n) is 7.55. The van der Waals surface area contributed by atoms with Gasteiger partial charge in [0.25, 0.3) is 0 Å². The molecule has 6 nitrogen and oxygen atoms in total. The quantitative estimate of drug-likeness (QED) is 0.310. The summed E-state index contributed by atoms with van der Waals surface area (Å²) >= 11 is 1.79. The highest BCUT2D eigenvalue weighted by atomic mass is 127. The van der Waals surface area contributed by atoms with Gasteiger partial charge in [-0.25, -0.2) is 0 Å². The molecule has 0 radical (unpaired) electrons. The molecule has 0 amide bonds. The zero-order chi connectivity index (χ0) is 15.8. The molecule has 2 heterocycles. The lowest BCUT2D eigenvalue weighted by Gasteiger charge is -2.33. The second-order valence-corrected chi connectivity index (χ2v) is 6.11. The molecule has 1 fully saturated rings. The van der Waals surface area contributed by atoms with E-state index in [0.29, 0.717) is 19.0 Å². The number of rotatable bonds is 5. The van der Waals surface area contributed by atoms with Gasteiger partial charge in [-0.2, -0.15) is 0 Å². The number of anilines is 1. The summed E-state index contributed by atoms with van der Waals surface area (Å²) in [5.41, 5.74) is 0. The molecule has 1 aromatic rings. The highest BCUT2D eigenvalue weighted by Gasteiger charge is 2.20. The molecule has 23 heavy (non-hydrogen) atoms. The Kier molecular flexibility index (Phi) is 9.30. The number of piperidine rings is 1. The van der Waals surface area contributed by atoms with Crippen LogP contribution in [0.3, 0.4) is 0 Å². The van der Waals surface area contributed by atoms with E-state index < -0.39 is 0 Å². The predicted molar refractivity (Wildman–Crippen MR) is 106 cm³/mol. The maximum Gasteiger partial charge on any atom is 0.307 e. The summed E-state index contributed by atoms with van der Waals surface area (Å²) in [5.74, 6) is 0.533. The van der Waals surface area contributed by atoms with Crippen LogP contribution in [0.2, 0.25) is 0 Å². The van der Waals surface area contributed by atoms with Crippen LogP contribution in [0.4, 0.5) is 5.00 Å². The molecule has 0 atom stereocenters. The van der Waals surface area contributed by atoms with Crippen LogP contribution < -0.4 is 15.5 Å². The zero-order valence-corrected chi connectivity index (χ0v) is 16.7. The van der Waals surface area contributed by atoms with Gasteiger partial charge in [-0.05, 0) is 30.4 Å². The van der Waals surface area contributed by atoms with Gasteiger partial charge in [0.15, 0.2) is 5.96 Å². The molecule has 8 heteroatoms. The minimum absolute atomic E-state index is 0. The molecule has 0 aliphatic carbocycles. The lowest BCUT2D eigenvalue weighted by Crippen LogP contribution is -2.49. The van der Waals surface area contributed by atoms with Crippen LogP contribution in [0.1, 0.15) is 19.3 Å². The number of carbonyl (C=O) groups is 1. The largest absolute Gasteiger partial charge is 0.469 e. The third-order valence-corrected chi connectivity index (χ3v) is 4.66. The number of hydrogen-bond donors (Lipinski definition) is 2. The summed E-state index contributed by atoms with van der Waals surface area (Å²) in [6.45, 7) is 2.63. The van der Waals surface area contributed by atoms with Crippen molar-refractivity contribution in [3.05, 3.63) is 17.5 Å². The van der Waals surface area contributed by atoms with E-state index in [2.05, 4.69) is 42.8 Å². The monoisotopic (exact) mass is 452 g/mol. The molecule has 0 spiro atoms. The summed E-state index contributed by atoms with van der Waals surface area (Å²) in [6.07, 6.45) is 2.50. The molecule has 0 saturated carbocycles. The number of nitrogens with zero attached hydrogens (tertiary/aromatic N) is 2. The van der Waals surface area contributed by atoms with Crippen molar-refractivity contribution in [2.45, 2.75) is 25.3 Å².